The molecular weight excluding hydrogens is 248 g/mol. The molecule has 1 aromatic rings. The first-order valence-electron chi connectivity index (χ1n) is 6.09. The lowest BCUT2D eigenvalue weighted by Crippen LogP contribution is -2.36. The lowest BCUT2D eigenvalue weighted by Gasteiger charge is -2.31. The first kappa shape index (κ1) is 14.8. The molecule has 0 aliphatic carbocycles. The molecule has 0 heterocycles. The van der Waals surface area contributed by atoms with E-state index in [2.05, 4.69) is 24.8 Å². The highest BCUT2D eigenvalue weighted by molar-refractivity contribution is 6.32. The second-order valence-corrected chi connectivity index (χ2v) is 4.60. The minimum Gasteiger partial charge on any atom is -0.383 e. The van der Waals surface area contributed by atoms with Crippen LogP contribution in [0.5, 0.6) is 0 Å². The number of ether oxygens (including phenoxy) is 1. The van der Waals surface area contributed by atoms with Crippen LogP contribution in [0.25, 0.3) is 0 Å². The molecule has 1 rings (SSSR count). The number of benzene rings is 1. The van der Waals surface area contributed by atoms with Gasteiger partial charge in [0.25, 0.3) is 0 Å². The molecule has 3 nitrogen and oxygen atoms in total. The van der Waals surface area contributed by atoms with Crippen molar-refractivity contribution in [1.29, 1.82) is 5.26 Å². The van der Waals surface area contributed by atoms with E-state index in [9.17, 15) is 5.26 Å². The highest BCUT2D eigenvalue weighted by Crippen LogP contribution is 2.28. The van der Waals surface area contributed by atoms with Crippen molar-refractivity contribution in [2.24, 2.45) is 0 Å². The first-order chi connectivity index (χ1) is 8.65. The van der Waals surface area contributed by atoms with Crippen LogP contribution in [0.3, 0.4) is 0 Å². The molecule has 0 saturated carbocycles. The molecule has 0 amide bonds. The third kappa shape index (κ3) is 3.38. The van der Waals surface area contributed by atoms with Crippen molar-refractivity contribution in [2.75, 3.05) is 25.2 Å². The topological polar surface area (TPSA) is 36.3 Å². The van der Waals surface area contributed by atoms with Gasteiger partial charge >= 0.3 is 0 Å². The van der Waals surface area contributed by atoms with E-state index in [4.69, 9.17) is 16.3 Å². The molecule has 0 aliphatic heterocycles. The summed E-state index contributed by atoms with van der Waals surface area (Å²) in [5.74, 6) is 0. The quantitative estimate of drug-likeness (QED) is 0.791. The summed E-state index contributed by atoms with van der Waals surface area (Å²) >= 11 is 6.08. The summed E-state index contributed by atoms with van der Waals surface area (Å²) in [6.45, 7) is 5.64. The molecule has 1 atom stereocenters. The molecule has 98 valence electrons. The Labute approximate surface area is 114 Å². The van der Waals surface area contributed by atoms with Crippen LogP contribution in [0.1, 0.15) is 25.8 Å². The van der Waals surface area contributed by atoms with Gasteiger partial charge in [-0.15, -0.1) is 0 Å². The Bertz CT molecular complexity index is 428. The lowest BCUT2D eigenvalue weighted by atomic mass is 10.1. The summed E-state index contributed by atoms with van der Waals surface area (Å²) in [6.07, 6.45) is 1.00. The van der Waals surface area contributed by atoms with Crippen LogP contribution in [0.15, 0.2) is 18.2 Å². The van der Waals surface area contributed by atoms with Crippen molar-refractivity contribution in [3.63, 3.8) is 0 Å². The van der Waals surface area contributed by atoms with Crippen molar-refractivity contribution in [2.45, 2.75) is 26.3 Å². The van der Waals surface area contributed by atoms with E-state index in [1.54, 1.807) is 13.2 Å². The number of nitrogens with zero attached hydrogens (tertiary/aromatic N) is 2. The Morgan fingerprint density at radius 1 is 1.50 bits per heavy atom. The predicted octanol–water partition coefficient (Wildman–Crippen LogP) is 3.46. The third-order valence-electron chi connectivity index (χ3n) is 3.07. The van der Waals surface area contributed by atoms with Crippen LogP contribution >= 0.6 is 11.6 Å². The summed E-state index contributed by atoms with van der Waals surface area (Å²) < 4.78 is 5.13. The standard InChI is InChI=1S/C14H19ClN2O/c1-4-11(2)17(8-9-18-3)14-7-5-6-13(15)12(14)10-16/h5-7,11H,4,8-9H2,1-3H3. The smallest absolute Gasteiger partial charge is 0.103 e. The van der Waals surface area contributed by atoms with Crippen molar-refractivity contribution in [1.82, 2.24) is 0 Å². The van der Waals surface area contributed by atoms with Gasteiger partial charge in [0.1, 0.15) is 6.07 Å². The van der Waals surface area contributed by atoms with Gasteiger partial charge in [-0.2, -0.15) is 5.26 Å². The van der Waals surface area contributed by atoms with Crippen molar-refractivity contribution in [3.05, 3.63) is 28.8 Å². The van der Waals surface area contributed by atoms with Gasteiger partial charge in [-0.1, -0.05) is 24.6 Å². The molecule has 0 N–H and O–H groups in total. The Hall–Kier alpha value is -1.24. The van der Waals surface area contributed by atoms with Gasteiger partial charge in [-0.05, 0) is 25.5 Å². The molecular formula is C14H19ClN2O. The molecule has 0 fully saturated rings. The van der Waals surface area contributed by atoms with E-state index < -0.39 is 0 Å². The van der Waals surface area contributed by atoms with Crippen LogP contribution in [0.4, 0.5) is 5.69 Å². The fourth-order valence-corrected chi connectivity index (χ4v) is 2.06. The number of methoxy groups -OCH3 is 1. The van der Waals surface area contributed by atoms with E-state index in [1.807, 2.05) is 12.1 Å². The molecule has 18 heavy (non-hydrogen) atoms. The summed E-state index contributed by atoms with van der Waals surface area (Å²) in [5.41, 5.74) is 1.42. The fraction of sp³-hybridized carbons (Fsp3) is 0.500. The van der Waals surface area contributed by atoms with Gasteiger partial charge in [-0.3, -0.25) is 0 Å². The van der Waals surface area contributed by atoms with Crippen LogP contribution in [-0.2, 0) is 4.74 Å². The summed E-state index contributed by atoms with van der Waals surface area (Å²) in [7, 11) is 1.68. The molecule has 0 aliphatic rings. The van der Waals surface area contributed by atoms with E-state index in [1.165, 1.54) is 0 Å². The Balaban J connectivity index is 3.12. The molecule has 4 heteroatoms. The second kappa shape index (κ2) is 7.25. The average Bonchev–Trinajstić information content (AvgIpc) is 2.39. The molecule has 0 saturated heterocycles. The molecule has 1 aromatic carbocycles. The number of hydrogen-bond donors (Lipinski definition) is 0. The van der Waals surface area contributed by atoms with Gasteiger partial charge in [-0.25, -0.2) is 0 Å². The molecule has 0 spiro atoms. The number of hydrogen-bond acceptors (Lipinski definition) is 3. The van der Waals surface area contributed by atoms with Gasteiger partial charge in [0, 0.05) is 19.7 Å². The van der Waals surface area contributed by atoms with Crippen molar-refractivity contribution < 1.29 is 4.74 Å². The minimum atomic E-state index is 0.339. The molecule has 0 aromatic heterocycles. The normalized spacial score (nSPS) is 11.9. The third-order valence-corrected chi connectivity index (χ3v) is 3.39. The van der Waals surface area contributed by atoms with E-state index in [0.717, 1.165) is 18.7 Å². The maximum atomic E-state index is 9.24. The fourth-order valence-electron chi connectivity index (χ4n) is 1.85. The van der Waals surface area contributed by atoms with Gasteiger partial charge in [0.2, 0.25) is 0 Å². The molecule has 0 radical (unpaired) electrons. The number of rotatable bonds is 6. The summed E-state index contributed by atoms with van der Waals surface area (Å²) in [5, 5.41) is 9.74. The number of anilines is 1. The number of nitriles is 1. The van der Waals surface area contributed by atoms with Crippen LogP contribution in [0.2, 0.25) is 5.02 Å². The largest absolute Gasteiger partial charge is 0.383 e. The summed E-state index contributed by atoms with van der Waals surface area (Å²) in [4.78, 5) is 2.17. The van der Waals surface area contributed by atoms with Crippen LogP contribution in [-0.4, -0.2) is 26.3 Å². The van der Waals surface area contributed by atoms with Crippen LogP contribution in [0, 0.1) is 11.3 Å². The van der Waals surface area contributed by atoms with Gasteiger partial charge in [0.15, 0.2) is 0 Å². The second-order valence-electron chi connectivity index (χ2n) is 4.19. The zero-order chi connectivity index (χ0) is 13.5. The highest BCUT2D eigenvalue weighted by Gasteiger charge is 2.17. The molecule has 0 bridgehead atoms. The summed E-state index contributed by atoms with van der Waals surface area (Å²) in [6, 6.07) is 8.08. The minimum absolute atomic E-state index is 0.339. The van der Waals surface area contributed by atoms with E-state index >= 15 is 0 Å². The molecule has 1 unspecified atom stereocenters. The highest BCUT2D eigenvalue weighted by atomic mass is 35.5. The van der Waals surface area contributed by atoms with E-state index in [0.29, 0.717) is 23.2 Å². The SMILES string of the molecule is CCC(C)N(CCOC)c1cccc(Cl)c1C#N. The van der Waals surface area contributed by atoms with Gasteiger partial charge in [0.05, 0.1) is 22.9 Å². The monoisotopic (exact) mass is 266 g/mol. The van der Waals surface area contributed by atoms with Crippen molar-refractivity contribution >= 4 is 17.3 Å². The van der Waals surface area contributed by atoms with Crippen molar-refractivity contribution in [3.8, 4) is 6.07 Å². The Morgan fingerprint density at radius 3 is 2.78 bits per heavy atom. The first-order valence-corrected chi connectivity index (χ1v) is 6.47. The maximum Gasteiger partial charge on any atom is 0.103 e. The number of halogens is 1. The zero-order valence-electron chi connectivity index (χ0n) is 11.1. The Morgan fingerprint density at radius 2 is 2.22 bits per heavy atom. The average molecular weight is 267 g/mol. The Kier molecular flexibility index (Phi) is 5.97. The lowest BCUT2D eigenvalue weighted by molar-refractivity contribution is 0.203. The van der Waals surface area contributed by atoms with Gasteiger partial charge < -0.3 is 9.64 Å². The zero-order valence-corrected chi connectivity index (χ0v) is 11.9. The maximum absolute atomic E-state index is 9.24. The van der Waals surface area contributed by atoms with Crippen LogP contribution < -0.4 is 4.90 Å². The predicted molar refractivity (Wildman–Crippen MR) is 75.1 cm³/mol. The van der Waals surface area contributed by atoms with E-state index in [-0.39, 0.29) is 0 Å².